The van der Waals surface area contributed by atoms with Gasteiger partial charge in [-0.15, -0.1) is 0 Å². The summed E-state index contributed by atoms with van der Waals surface area (Å²) in [6, 6.07) is 4.23. The average molecular weight is 577 g/mol. The molecule has 0 bridgehead atoms. The molecular formula is C30H48N4O7. The summed E-state index contributed by atoms with van der Waals surface area (Å²) in [5.41, 5.74) is 6.03. The number of hydrogen-bond donors (Lipinski definition) is 3. The van der Waals surface area contributed by atoms with Crippen molar-refractivity contribution < 1.29 is 33.4 Å². The van der Waals surface area contributed by atoms with Gasteiger partial charge < -0.3 is 30.7 Å². The lowest BCUT2D eigenvalue weighted by Crippen LogP contribution is -2.56. The normalized spacial score (nSPS) is 13.5. The van der Waals surface area contributed by atoms with E-state index in [2.05, 4.69) is 24.5 Å². The van der Waals surface area contributed by atoms with Crippen LogP contribution >= 0.6 is 0 Å². The molecule has 0 aromatic heterocycles. The van der Waals surface area contributed by atoms with Gasteiger partial charge in [0.05, 0.1) is 19.4 Å². The molecule has 230 valence electrons. The average Bonchev–Trinajstić information content (AvgIpc) is 2.83. The fourth-order valence-electron chi connectivity index (χ4n) is 4.24. The minimum Gasteiger partial charge on any atom is -0.466 e. The molecule has 0 saturated carbocycles. The van der Waals surface area contributed by atoms with Crippen LogP contribution in [0, 0.1) is 12.8 Å². The van der Waals surface area contributed by atoms with Crippen molar-refractivity contribution in [2.24, 2.45) is 11.7 Å². The van der Waals surface area contributed by atoms with E-state index in [-0.39, 0.29) is 19.6 Å². The number of nitrogens with zero attached hydrogens (tertiary/aromatic N) is 1. The fraction of sp³-hybridized carbons (Fsp3) is 0.633. The maximum atomic E-state index is 14.2. The number of benzene rings is 1. The number of nitrogens with two attached hydrogens (primary N) is 1. The van der Waals surface area contributed by atoms with E-state index in [9.17, 15) is 24.0 Å². The van der Waals surface area contributed by atoms with Gasteiger partial charge in [-0.2, -0.15) is 0 Å². The Hall–Kier alpha value is -3.63. The number of hydrogen-bond acceptors (Lipinski definition) is 7. The molecule has 0 heterocycles. The van der Waals surface area contributed by atoms with Gasteiger partial charge in [-0.05, 0) is 65.9 Å². The van der Waals surface area contributed by atoms with Crippen LogP contribution in [0.4, 0.5) is 4.79 Å². The lowest BCUT2D eigenvalue weighted by atomic mass is 9.96. The van der Waals surface area contributed by atoms with Gasteiger partial charge >= 0.3 is 12.1 Å². The van der Waals surface area contributed by atoms with E-state index in [1.165, 1.54) is 4.90 Å². The van der Waals surface area contributed by atoms with Crippen LogP contribution in [0.1, 0.15) is 91.3 Å². The summed E-state index contributed by atoms with van der Waals surface area (Å²) >= 11 is 0. The Bertz CT molecular complexity index is 1050. The van der Waals surface area contributed by atoms with Gasteiger partial charge in [-0.1, -0.05) is 43.7 Å². The third-order valence-electron chi connectivity index (χ3n) is 6.10. The highest BCUT2D eigenvalue weighted by Crippen LogP contribution is 2.28. The smallest absolute Gasteiger partial charge is 0.408 e. The Morgan fingerprint density at radius 1 is 1.05 bits per heavy atom. The summed E-state index contributed by atoms with van der Waals surface area (Å²) in [6.45, 7) is 14.7. The van der Waals surface area contributed by atoms with Gasteiger partial charge in [0.2, 0.25) is 17.7 Å². The molecule has 1 aromatic rings. The molecule has 1 rings (SSSR count). The van der Waals surface area contributed by atoms with Crippen LogP contribution in [0.15, 0.2) is 24.3 Å². The van der Waals surface area contributed by atoms with Crippen molar-refractivity contribution >= 4 is 29.8 Å². The number of nitrogens with one attached hydrogen (secondary N) is 2. The number of carbonyl (C=O) groups is 5. The van der Waals surface area contributed by atoms with Crippen molar-refractivity contribution in [1.82, 2.24) is 15.5 Å². The predicted molar refractivity (Wildman–Crippen MR) is 156 cm³/mol. The lowest BCUT2D eigenvalue weighted by Gasteiger charge is -2.38. The Labute approximate surface area is 243 Å². The molecular weight excluding hydrogens is 528 g/mol. The van der Waals surface area contributed by atoms with E-state index in [1.807, 2.05) is 19.9 Å². The Balaban J connectivity index is 3.57. The summed E-state index contributed by atoms with van der Waals surface area (Å²) in [6.07, 6.45) is -0.108. The minimum absolute atomic E-state index is 0.00324. The van der Waals surface area contributed by atoms with Gasteiger partial charge in [0.1, 0.15) is 17.7 Å². The first-order chi connectivity index (χ1) is 19.0. The Morgan fingerprint density at radius 2 is 1.71 bits per heavy atom. The number of primary amides is 1. The number of ether oxygens (including phenoxy) is 2. The Kier molecular flexibility index (Phi) is 14.3. The van der Waals surface area contributed by atoms with Crippen LogP contribution in [0.25, 0.3) is 0 Å². The summed E-state index contributed by atoms with van der Waals surface area (Å²) in [5.74, 6) is -2.11. The molecule has 0 radical (unpaired) electrons. The number of alkyl carbamates (subject to hydrolysis) is 1. The number of carbonyl (C=O) groups excluding carboxylic acids is 5. The van der Waals surface area contributed by atoms with Crippen LogP contribution < -0.4 is 16.4 Å². The second-order valence-electron chi connectivity index (χ2n) is 11.6. The van der Waals surface area contributed by atoms with Crippen molar-refractivity contribution in [3.8, 4) is 0 Å². The number of aryl methyl sites for hydroxylation is 1. The maximum Gasteiger partial charge on any atom is 0.408 e. The van der Waals surface area contributed by atoms with Gasteiger partial charge in [0.15, 0.2) is 0 Å². The van der Waals surface area contributed by atoms with Crippen molar-refractivity contribution in [3.05, 3.63) is 35.4 Å². The first kappa shape index (κ1) is 35.4. The molecule has 0 spiro atoms. The van der Waals surface area contributed by atoms with Crippen LogP contribution in [0.3, 0.4) is 0 Å². The highest BCUT2D eigenvalue weighted by Gasteiger charge is 2.39. The monoisotopic (exact) mass is 576 g/mol. The molecule has 0 aliphatic rings. The predicted octanol–water partition coefficient (Wildman–Crippen LogP) is 3.53. The van der Waals surface area contributed by atoms with Crippen LogP contribution in [0.2, 0.25) is 0 Å². The molecule has 4 amide bonds. The van der Waals surface area contributed by atoms with Crippen molar-refractivity contribution in [1.29, 1.82) is 0 Å². The quantitative estimate of drug-likeness (QED) is 0.270. The standard InChI is InChI=1S/C30H48N4O7/c1-9-40-25(36)15-16-32-27(37)26(22-12-10-11-20(4)17-22)34(21(5)14-13-19(2)3)28(38)23(18-24(31)35)33-29(39)41-30(6,7)8/h10-12,17,19,21,23,26H,9,13-16,18H2,1-8H3,(H2,31,35)(H,32,37)(H,33,39). The molecule has 0 fully saturated rings. The largest absolute Gasteiger partial charge is 0.466 e. The molecule has 4 N–H and O–H groups in total. The van der Waals surface area contributed by atoms with E-state index in [1.54, 1.807) is 45.9 Å². The van der Waals surface area contributed by atoms with E-state index >= 15 is 0 Å². The molecule has 0 saturated heterocycles. The molecule has 41 heavy (non-hydrogen) atoms. The summed E-state index contributed by atoms with van der Waals surface area (Å²) in [7, 11) is 0. The van der Waals surface area contributed by atoms with Gasteiger partial charge in [0.25, 0.3) is 0 Å². The number of rotatable bonds is 15. The molecule has 3 atom stereocenters. The van der Waals surface area contributed by atoms with Gasteiger partial charge in [-0.3, -0.25) is 19.2 Å². The summed E-state index contributed by atoms with van der Waals surface area (Å²) < 4.78 is 10.3. The molecule has 3 unspecified atom stereocenters. The minimum atomic E-state index is -1.37. The molecule has 0 aliphatic carbocycles. The third kappa shape index (κ3) is 13.1. The lowest BCUT2D eigenvalue weighted by molar-refractivity contribution is -0.146. The highest BCUT2D eigenvalue weighted by molar-refractivity contribution is 5.94. The zero-order chi connectivity index (χ0) is 31.3. The van der Waals surface area contributed by atoms with Crippen molar-refractivity contribution in [2.45, 2.75) is 105 Å². The van der Waals surface area contributed by atoms with E-state index in [0.717, 1.165) is 12.0 Å². The number of esters is 1. The van der Waals surface area contributed by atoms with Crippen LogP contribution in [-0.2, 0) is 28.7 Å². The first-order valence-corrected chi connectivity index (χ1v) is 14.2. The number of amides is 4. The van der Waals surface area contributed by atoms with E-state index in [4.69, 9.17) is 15.2 Å². The van der Waals surface area contributed by atoms with Gasteiger partial charge in [-0.25, -0.2) is 4.79 Å². The van der Waals surface area contributed by atoms with Gasteiger partial charge in [0, 0.05) is 12.6 Å². The molecule has 1 aromatic carbocycles. The Morgan fingerprint density at radius 3 is 2.24 bits per heavy atom. The molecule has 0 aliphatic heterocycles. The molecule has 11 heteroatoms. The summed E-state index contributed by atoms with van der Waals surface area (Å²) in [5, 5.41) is 5.25. The van der Waals surface area contributed by atoms with Crippen LogP contribution in [0.5, 0.6) is 0 Å². The van der Waals surface area contributed by atoms with E-state index in [0.29, 0.717) is 17.9 Å². The SMILES string of the molecule is CCOC(=O)CCNC(=O)C(c1cccc(C)c1)N(C(=O)C(CC(N)=O)NC(=O)OC(C)(C)C)C(C)CCC(C)C. The van der Waals surface area contributed by atoms with Crippen molar-refractivity contribution in [2.75, 3.05) is 13.2 Å². The fourth-order valence-corrected chi connectivity index (χ4v) is 4.24. The maximum absolute atomic E-state index is 14.2. The zero-order valence-corrected chi connectivity index (χ0v) is 25.7. The van der Waals surface area contributed by atoms with Crippen molar-refractivity contribution in [3.63, 3.8) is 0 Å². The first-order valence-electron chi connectivity index (χ1n) is 14.2. The van der Waals surface area contributed by atoms with E-state index < -0.39 is 59.9 Å². The summed E-state index contributed by atoms with van der Waals surface area (Å²) in [4.78, 5) is 65.9. The highest BCUT2D eigenvalue weighted by atomic mass is 16.6. The second-order valence-corrected chi connectivity index (χ2v) is 11.6. The molecule has 11 nitrogen and oxygen atoms in total. The zero-order valence-electron chi connectivity index (χ0n) is 25.7. The second kappa shape index (κ2) is 16.6. The topological polar surface area (TPSA) is 157 Å². The van der Waals surface area contributed by atoms with Crippen LogP contribution in [-0.4, -0.2) is 65.5 Å². The third-order valence-corrected chi connectivity index (χ3v) is 6.10.